The second-order valence-electron chi connectivity index (χ2n) is 6.08. The molecule has 20 heavy (non-hydrogen) atoms. The fourth-order valence-corrected chi connectivity index (χ4v) is 3.20. The maximum atomic E-state index is 6.28. The van der Waals surface area contributed by atoms with Crippen molar-refractivity contribution in [1.29, 1.82) is 0 Å². The molecule has 3 heteroatoms. The Morgan fingerprint density at radius 2 is 2.15 bits per heavy atom. The Morgan fingerprint density at radius 1 is 1.35 bits per heavy atom. The van der Waals surface area contributed by atoms with Crippen LogP contribution in [0.3, 0.4) is 0 Å². The molecule has 3 nitrogen and oxygen atoms in total. The average molecular weight is 276 g/mol. The predicted molar refractivity (Wildman–Crippen MR) is 83.1 cm³/mol. The summed E-state index contributed by atoms with van der Waals surface area (Å²) >= 11 is 0. The van der Waals surface area contributed by atoms with Crippen molar-refractivity contribution in [2.45, 2.75) is 65.5 Å². The van der Waals surface area contributed by atoms with Gasteiger partial charge in [-0.25, -0.2) is 4.98 Å². The minimum atomic E-state index is 0.345. The summed E-state index contributed by atoms with van der Waals surface area (Å²) in [6, 6.07) is 2.13. The van der Waals surface area contributed by atoms with E-state index in [2.05, 4.69) is 30.2 Å². The maximum Gasteiger partial charge on any atom is 0.218 e. The lowest BCUT2D eigenvalue weighted by atomic mass is 9.85. The largest absolute Gasteiger partial charge is 0.474 e. The van der Waals surface area contributed by atoms with Gasteiger partial charge < -0.3 is 10.1 Å². The van der Waals surface area contributed by atoms with E-state index in [4.69, 9.17) is 4.74 Å². The number of rotatable bonds is 5. The fourth-order valence-electron chi connectivity index (χ4n) is 3.20. The van der Waals surface area contributed by atoms with E-state index in [0.29, 0.717) is 6.10 Å². The van der Waals surface area contributed by atoms with Crippen LogP contribution in [0.5, 0.6) is 5.88 Å². The summed E-state index contributed by atoms with van der Waals surface area (Å²) in [6.45, 7) is 7.29. The first-order chi connectivity index (χ1) is 9.63. The van der Waals surface area contributed by atoms with Crippen LogP contribution < -0.4 is 10.1 Å². The van der Waals surface area contributed by atoms with Gasteiger partial charge in [0.25, 0.3) is 0 Å². The van der Waals surface area contributed by atoms with E-state index >= 15 is 0 Å². The Kier molecular flexibility index (Phi) is 5.41. The molecule has 2 rings (SSSR count). The third kappa shape index (κ3) is 3.72. The highest BCUT2D eigenvalue weighted by atomic mass is 16.5. The lowest BCUT2D eigenvalue weighted by Gasteiger charge is -2.29. The minimum Gasteiger partial charge on any atom is -0.474 e. The van der Waals surface area contributed by atoms with Crippen molar-refractivity contribution < 1.29 is 4.74 Å². The molecule has 0 saturated heterocycles. The van der Waals surface area contributed by atoms with Gasteiger partial charge in [0, 0.05) is 17.8 Å². The number of nitrogens with one attached hydrogen (secondary N) is 1. The summed E-state index contributed by atoms with van der Waals surface area (Å²) in [6.07, 6.45) is 6.62. The van der Waals surface area contributed by atoms with Crippen LogP contribution in [-0.2, 0) is 6.54 Å². The molecule has 1 saturated carbocycles. The molecule has 0 radical (unpaired) electrons. The number of nitrogens with zero attached hydrogens (tertiary/aromatic N) is 1. The van der Waals surface area contributed by atoms with Crippen LogP contribution in [0.25, 0.3) is 0 Å². The molecule has 2 atom stereocenters. The first-order valence-electron chi connectivity index (χ1n) is 7.92. The normalized spacial score (nSPS) is 22.8. The van der Waals surface area contributed by atoms with E-state index in [9.17, 15) is 0 Å². The van der Waals surface area contributed by atoms with Gasteiger partial charge in [0.05, 0.1) is 0 Å². The van der Waals surface area contributed by atoms with Gasteiger partial charge in [0.15, 0.2) is 0 Å². The maximum absolute atomic E-state index is 6.28. The zero-order chi connectivity index (χ0) is 14.5. The number of ether oxygens (including phenoxy) is 1. The first kappa shape index (κ1) is 15.3. The molecule has 0 aliphatic heterocycles. The van der Waals surface area contributed by atoms with Crippen LogP contribution in [0.2, 0.25) is 0 Å². The first-order valence-corrected chi connectivity index (χ1v) is 7.92. The van der Waals surface area contributed by atoms with E-state index in [-0.39, 0.29) is 0 Å². The third-order valence-electron chi connectivity index (χ3n) is 4.38. The van der Waals surface area contributed by atoms with Gasteiger partial charge in [0.2, 0.25) is 5.88 Å². The van der Waals surface area contributed by atoms with Crippen LogP contribution >= 0.6 is 0 Å². The van der Waals surface area contributed by atoms with Crippen LogP contribution in [0.1, 0.15) is 55.8 Å². The quantitative estimate of drug-likeness (QED) is 0.889. The molecule has 0 spiro atoms. The van der Waals surface area contributed by atoms with E-state index < -0.39 is 0 Å². The van der Waals surface area contributed by atoms with Crippen LogP contribution in [0.15, 0.2) is 6.07 Å². The molecule has 112 valence electrons. The molecule has 1 aliphatic rings. The van der Waals surface area contributed by atoms with Gasteiger partial charge in [-0.3, -0.25) is 0 Å². The molecule has 1 N–H and O–H groups in total. The fraction of sp³-hybridized carbons (Fsp3) is 0.706. The Hall–Kier alpha value is -1.09. The second kappa shape index (κ2) is 7.07. The topological polar surface area (TPSA) is 34.1 Å². The molecule has 0 aromatic carbocycles. The minimum absolute atomic E-state index is 0.345. The van der Waals surface area contributed by atoms with E-state index in [0.717, 1.165) is 24.0 Å². The molecule has 1 fully saturated rings. The Labute approximate surface area is 123 Å². The van der Waals surface area contributed by atoms with Crippen LogP contribution in [-0.4, -0.2) is 18.1 Å². The molecule has 1 aromatic rings. The molecule has 0 amide bonds. The standard InChI is InChI=1S/C17H28N2O/c1-5-14-7-6-8-15(10-14)20-17-16(11-18-4)12(2)9-13(3)19-17/h9,14-15,18H,5-8,10-11H2,1-4H3. The third-order valence-corrected chi connectivity index (χ3v) is 4.38. The second-order valence-corrected chi connectivity index (χ2v) is 6.08. The van der Waals surface area contributed by atoms with Crippen molar-refractivity contribution in [3.63, 3.8) is 0 Å². The molecule has 1 heterocycles. The smallest absolute Gasteiger partial charge is 0.218 e. The summed E-state index contributed by atoms with van der Waals surface area (Å²) in [5, 5.41) is 3.22. The Morgan fingerprint density at radius 3 is 2.85 bits per heavy atom. The van der Waals surface area contributed by atoms with Crippen molar-refractivity contribution in [1.82, 2.24) is 10.3 Å². The van der Waals surface area contributed by atoms with Crippen LogP contribution in [0, 0.1) is 19.8 Å². The number of hydrogen-bond acceptors (Lipinski definition) is 3. The lowest BCUT2D eigenvalue weighted by Crippen LogP contribution is -2.26. The van der Waals surface area contributed by atoms with Crippen molar-refractivity contribution in [2.24, 2.45) is 5.92 Å². The highest BCUT2D eigenvalue weighted by Crippen LogP contribution is 2.31. The monoisotopic (exact) mass is 276 g/mol. The summed E-state index contributed by atoms with van der Waals surface area (Å²) in [5.74, 6) is 1.67. The zero-order valence-electron chi connectivity index (χ0n) is 13.3. The number of hydrogen-bond donors (Lipinski definition) is 1. The molecule has 1 aromatic heterocycles. The van der Waals surface area contributed by atoms with E-state index in [1.54, 1.807) is 0 Å². The Bertz CT molecular complexity index is 445. The molecule has 1 aliphatic carbocycles. The van der Waals surface area contributed by atoms with Crippen molar-refractivity contribution in [2.75, 3.05) is 7.05 Å². The number of pyridine rings is 1. The summed E-state index contributed by atoms with van der Waals surface area (Å²) in [5.41, 5.74) is 3.52. The highest BCUT2D eigenvalue weighted by molar-refractivity contribution is 5.36. The SMILES string of the molecule is CCC1CCCC(Oc2nc(C)cc(C)c2CNC)C1. The van der Waals surface area contributed by atoms with Crippen molar-refractivity contribution >= 4 is 0 Å². The van der Waals surface area contributed by atoms with Gasteiger partial charge in [-0.2, -0.15) is 0 Å². The van der Waals surface area contributed by atoms with Gasteiger partial charge in [0.1, 0.15) is 6.10 Å². The zero-order valence-corrected chi connectivity index (χ0v) is 13.3. The highest BCUT2D eigenvalue weighted by Gasteiger charge is 2.23. The van der Waals surface area contributed by atoms with Gasteiger partial charge in [-0.15, -0.1) is 0 Å². The number of aromatic nitrogens is 1. The van der Waals surface area contributed by atoms with Crippen molar-refractivity contribution in [3.05, 3.63) is 22.9 Å². The van der Waals surface area contributed by atoms with Crippen LogP contribution in [0.4, 0.5) is 0 Å². The molecular formula is C17H28N2O. The Balaban J connectivity index is 2.15. The summed E-state index contributed by atoms with van der Waals surface area (Å²) in [7, 11) is 1.97. The van der Waals surface area contributed by atoms with Gasteiger partial charge in [-0.05, 0) is 57.7 Å². The molecule has 0 bridgehead atoms. The predicted octanol–water partition coefficient (Wildman–Crippen LogP) is 3.77. The molecular weight excluding hydrogens is 248 g/mol. The van der Waals surface area contributed by atoms with Gasteiger partial charge in [-0.1, -0.05) is 19.8 Å². The lowest BCUT2D eigenvalue weighted by molar-refractivity contribution is 0.115. The number of aryl methyl sites for hydroxylation is 2. The van der Waals surface area contributed by atoms with Crippen molar-refractivity contribution in [3.8, 4) is 5.88 Å². The summed E-state index contributed by atoms with van der Waals surface area (Å²) < 4.78 is 6.28. The average Bonchev–Trinajstić information content (AvgIpc) is 2.43. The van der Waals surface area contributed by atoms with E-state index in [1.165, 1.54) is 43.2 Å². The summed E-state index contributed by atoms with van der Waals surface area (Å²) in [4.78, 5) is 4.64. The van der Waals surface area contributed by atoms with E-state index in [1.807, 2.05) is 14.0 Å². The van der Waals surface area contributed by atoms with Gasteiger partial charge >= 0.3 is 0 Å². The molecule has 2 unspecified atom stereocenters.